The highest BCUT2D eigenvalue weighted by atomic mass is 16.2. The highest BCUT2D eigenvalue weighted by Crippen LogP contribution is 2.28. The van der Waals surface area contributed by atoms with E-state index in [-0.39, 0.29) is 5.91 Å². The normalized spacial score (nSPS) is 13.2. The Kier molecular flexibility index (Phi) is 2.93. The van der Waals surface area contributed by atoms with Crippen LogP contribution in [0.3, 0.4) is 0 Å². The third-order valence-electron chi connectivity index (χ3n) is 3.74. The molecule has 0 aliphatic carbocycles. The number of carbonyl (C=O) groups is 1. The Morgan fingerprint density at radius 2 is 1.95 bits per heavy atom. The Hall–Kier alpha value is -3.02. The number of rotatable bonds is 2. The second-order valence-electron chi connectivity index (χ2n) is 5.06. The Labute approximate surface area is 127 Å². The monoisotopic (exact) mass is 291 g/mol. The molecular formula is C16H13N5O. The molecule has 6 nitrogen and oxygen atoms in total. The first-order valence-electron chi connectivity index (χ1n) is 7.06. The highest BCUT2D eigenvalue weighted by Gasteiger charge is 2.26. The van der Waals surface area contributed by atoms with Gasteiger partial charge in [-0.2, -0.15) is 5.10 Å². The molecule has 0 N–H and O–H groups in total. The minimum Gasteiger partial charge on any atom is -0.306 e. The molecule has 0 radical (unpaired) electrons. The molecule has 0 saturated heterocycles. The molecule has 3 aromatic rings. The van der Waals surface area contributed by atoms with Gasteiger partial charge in [-0.05, 0) is 36.2 Å². The maximum atomic E-state index is 12.6. The first-order chi connectivity index (χ1) is 10.8. The minimum atomic E-state index is -0.121. The van der Waals surface area contributed by atoms with Crippen LogP contribution < -0.4 is 4.90 Å². The number of amides is 1. The molecular weight excluding hydrogens is 278 g/mol. The largest absolute Gasteiger partial charge is 0.306 e. The molecule has 1 aliphatic rings. The lowest BCUT2D eigenvalue weighted by atomic mass is 10.2. The van der Waals surface area contributed by atoms with E-state index in [0.29, 0.717) is 18.1 Å². The smallest absolute Gasteiger partial charge is 0.278 e. The molecule has 0 spiro atoms. The molecule has 4 rings (SSSR count). The predicted octanol–water partition coefficient (Wildman–Crippen LogP) is 1.87. The molecule has 0 bridgehead atoms. The first-order valence-corrected chi connectivity index (χ1v) is 7.06. The Morgan fingerprint density at radius 1 is 1.05 bits per heavy atom. The van der Waals surface area contributed by atoms with E-state index in [1.807, 2.05) is 24.3 Å². The summed E-state index contributed by atoms with van der Waals surface area (Å²) in [6, 6.07) is 13.2. The fraction of sp³-hybridized carbons (Fsp3) is 0.125. The number of hydrogen-bond donors (Lipinski definition) is 0. The number of nitrogens with zero attached hydrogens (tertiary/aromatic N) is 5. The lowest BCUT2D eigenvalue weighted by Crippen LogP contribution is -2.29. The van der Waals surface area contributed by atoms with Gasteiger partial charge in [0.1, 0.15) is 0 Å². The van der Waals surface area contributed by atoms with Crippen LogP contribution in [0.1, 0.15) is 16.1 Å². The van der Waals surface area contributed by atoms with Crippen molar-refractivity contribution in [2.75, 3.05) is 11.4 Å². The van der Waals surface area contributed by atoms with E-state index < -0.39 is 0 Å². The Balaban J connectivity index is 1.61. The predicted molar refractivity (Wildman–Crippen MR) is 81.0 cm³/mol. The van der Waals surface area contributed by atoms with Gasteiger partial charge in [0.05, 0.1) is 0 Å². The number of anilines is 1. The Bertz CT molecular complexity index is 811. The second kappa shape index (κ2) is 5.07. The summed E-state index contributed by atoms with van der Waals surface area (Å²) < 4.78 is 1.60. The van der Waals surface area contributed by atoms with Crippen molar-refractivity contribution in [3.63, 3.8) is 0 Å². The van der Waals surface area contributed by atoms with E-state index >= 15 is 0 Å². The minimum absolute atomic E-state index is 0.121. The van der Waals surface area contributed by atoms with Crippen LogP contribution in [-0.2, 0) is 6.42 Å². The van der Waals surface area contributed by atoms with E-state index in [1.54, 1.807) is 34.1 Å². The van der Waals surface area contributed by atoms with Crippen LogP contribution in [0.5, 0.6) is 0 Å². The van der Waals surface area contributed by atoms with E-state index in [0.717, 1.165) is 12.1 Å². The molecule has 1 amide bonds. The van der Waals surface area contributed by atoms with Gasteiger partial charge in [0.2, 0.25) is 0 Å². The maximum Gasteiger partial charge on any atom is 0.278 e. The van der Waals surface area contributed by atoms with Crippen LogP contribution in [0, 0.1) is 0 Å². The van der Waals surface area contributed by atoms with E-state index in [1.165, 1.54) is 5.56 Å². The van der Waals surface area contributed by atoms with Gasteiger partial charge in [-0.25, -0.2) is 4.68 Å². The molecule has 6 heteroatoms. The summed E-state index contributed by atoms with van der Waals surface area (Å²) >= 11 is 0. The Morgan fingerprint density at radius 3 is 2.73 bits per heavy atom. The van der Waals surface area contributed by atoms with Crippen LogP contribution in [-0.4, -0.2) is 32.4 Å². The molecule has 0 atom stereocenters. The number of carbonyl (C=O) groups excluding carboxylic acids is 1. The summed E-state index contributed by atoms with van der Waals surface area (Å²) in [7, 11) is 0. The molecule has 3 heterocycles. The quantitative estimate of drug-likeness (QED) is 0.723. The summed E-state index contributed by atoms with van der Waals surface area (Å²) in [6.45, 7) is 0.681. The van der Waals surface area contributed by atoms with Gasteiger partial charge in [-0.1, -0.05) is 18.2 Å². The van der Waals surface area contributed by atoms with Crippen LogP contribution in [0.2, 0.25) is 0 Å². The van der Waals surface area contributed by atoms with E-state index in [9.17, 15) is 4.79 Å². The van der Waals surface area contributed by atoms with Crippen molar-refractivity contribution in [1.82, 2.24) is 20.0 Å². The van der Waals surface area contributed by atoms with Gasteiger partial charge in [0.25, 0.3) is 5.91 Å². The van der Waals surface area contributed by atoms with Crippen molar-refractivity contribution < 1.29 is 4.79 Å². The van der Waals surface area contributed by atoms with E-state index in [4.69, 9.17) is 0 Å². The summed E-state index contributed by atoms with van der Waals surface area (Å²) in [5.74, 6) is 0.466. The zero-order valence-electron chi connectivity index (χ0n) is 11.8. The van der Waals surface area contributed by atoms with Gasteiger partial charge in [0.15, 0.2) is 11.5 Å². The molecule has 0 fully saturated rings. The summed E-state index contributed by atoms with van der Waals surface area (Å²) in [5, 5.41) is 12.2. The van der Waals surface area contributed by atoms with Crippen molar-refractivity contribution in [3.05, 3.63) is 66.1 Å². The fourth-order valence-corrected chi connectivity index (χ4v) is 2.65. The first kappa shape index (κ1) is 12.7. The summed E-state index contributed by atoms with van der Waals surface area (Å²) in [5.41, 5.74) is 2.50. The molecule has 2 aromatic heterocycles. The van der Waals surface area contributed by atoms with Gasteiger partial charge in [0, 0.05) is 24.6 Å². The van der Waals surface area contributed by atoms with Crippen molar-refractivity contribution in [1.29, 1.82) is 0 Å². The fourth-order valence-electron chi connectivity index (χ4n) is 2.65. The number of aromatic nitrogens is 4. The zero-order valence-corrected chi connectivity index (χ0v) is 11.8. The number of benzene rings is 1. The van der Waals surface area contributed by atoms with Crippen LogP contribution in [0.25, 0.3) is 5.82 Å². The topological polar surface area (TPSA) is 63.9 Å². The van der Waals surface area contributed by atoms with Gasteiger partial charge in [-0.3, -0.25) is 4.79 Å². The lowest BCUT2D eigenvalue weighted by molar-refractivity contribution is 0.0983. The van der Waals surface area contributed by atoms with E-state index in [2.05, 4.69) is 21.4 Å². The average molecular weight is 291 g/mol. The number of hydrogen-bond acceptors (Lipinski definition) is 4. The number of fused-ring (bicyclic) bond motifs is 1. The number of para-hydroxylation sites is 1. The average Bonchev–Trinajstić information content (AvgIpc) is 3.24. The van der Waals surface area contributed by atoms with Crippen molar-refractivity contribution >= 4 is 11.6 Å². The van der Waals surface area contributed by atoms with Crippen LogP contribution >= 0.6 is 0 Å². The molecule has 22 heavy (non-hydrogen) atoms. The maximum absolute atomic E-state index is 12.6. The lowest BCUT2D eigenvalue weighted by Gasteiger charge is -2.16. The molecule has 108 valence electrons. The third kappa shape index (κ3) is 2.05. The van der Waals surface area contributed by atoms with Gasteiger partial charge >= 0.3 is 0 Å². The molecule has 0 unspecified atom stereocenters. The van der Waals surface area contributed by atoms with Crippen molar-refractivity contribution in [3.8, 4) is 5.82 Å². The van der Waals surface area contributed by atoms with Crippen LogP contribution in [0.4, 0.5) is 5.69 Å². The third-order valence-corrected chi connectivity index (χ3v) is 3.74. The van der Waals surface area contributed by atoms with Gasteiger partial charge in [-0.15, -0.1) is 10.2 Å². The summed E-state index contributed by atoms with van der Waals surface area (Å²) in [6.07, 6.45) is 4.32. The van der Waals surface area contributed by atoms with Gasteiger partial charge < -0.3 is 4.90 Å². The standard InChI is InChI=1S/C16H13N5O/c22-16(20-11-8-12-4-1-2-5-14(12)20)13-6-7-15(19-18-13)21-10-3-9-17-21/h1-7,9-10H,8,11H2. The molecule has 1 aromatic carbocycles. The van der Waals surface area contributed by atoms with Crippen molar-refractivity contribution in [2.45, 2.75) is 6.42 Å². The van der Waals surface area contributed by atoms with Crippen LogP contribution in [0.15, 0.2) is 54.9 Å². The summed E-state index contributed by atoms with van der Waals surface area (Å²) in [4.78, 5) is 14.4. The SMILES string of the molecule is O=C(c1ccc(-n2cccn2)nn1)N1CCc2ccccc21. The zero-order chi connectivity index (χ0) is 14.9. The second-order valence-corrected chi connectivity index (χ2v) is 5.06. The van der Waals surface area contributed by atoms with Crippen molar-refractivity contribution in [2.24, 2.45) is 0 Å². The molecule has 0 saturated carbocycles. The highest BCUT2D eigenvalue weighted by molar-refractivity contribution is 6.05. The molecule has 1 aliphatic heterocycles.